The van der Waals surface area contributed by atoms with Crippen molar-refractivity contribution in [1.29, 1.82) is 0 Å². The first-order chi connectivity index (χ1) is 44.6. The van der Waals surface area contributed by atoms with Gasteiger partial charge in [-0.2, -0.15) is 0 Å². The summed E-state index contributed by atoms with van der Waals surface area (Å²) >= 11 is 7.57. The fourth-order valence-electron chi connectivity index (χ4n) is 14.3. The molecule has 14 aromatic carbocycles. The normalized spacial score (nSPS) is 12.0. The molecule has 0 saturated heterocycles. The minimum atomic E-state index is 1.19. The van der Waals surface area contributed by atoms with Crippen LogP contribution in [0.3, 0.4) is 0 Å². The second kappa shape index (κ2) is 20.6. The molecule has 0 N–H and O–H groups in total. The minimum absolute atomic E-state index is 1.19. The Balaban J connectivity index is 0.000000130. The molecule has 0 bridgehead atoms. The molecule has 6 heteroatoms. The molecule has 0 fully saturated rings. The SMILES string of the molecule is c1ccc(-n2c3ccccc3c3sc4ccc(-c5ccccc5-c5ccc6c(c5)sc5cc7ccccc7cc56)cc4c32)cc1.c1ccc(-n2c3ccccc3c3sc4ccc(-c5ccccc5-c5ccc6c(c5)sc5ccc7ccccc7c56)cc4c32)cc1. The molecule has 0 aliphatic heterocycles. The minimum Gasteiger partial charge on any atom is -0.308 e. The van der Waals surface area contributed by atoms with Gasteiger partial charge in [0.2, 0.25) is 0 Å². The molecule has 20 aromatic rings. The lowest BCUT2D eigenvalue weighted by molar-refractivity contribution is 1.19. The number of thiophene rings is 4. The highest BCUT2D eigenvalue weighted by Gasteiger charge is 2.22. The van der Waals surface area contributed by atoms with Crippen LogP contribution in [0.1, 0.15) is 0 Å². The summed E-state index contributed by atoms with van der Waals surface area (Å²) in [7, 11) is 0. The van der Waals surface area contributed by atoms with Crippen molar-refractivity contribution < 1.29 is 0 Å². The van der Waals surface area contributed by atoms with Crippen LogP contribution in [0.25, 0.3) is 180 Å². The molecule has 6 aromatic heterocycles. The molecule has 0 spiro atoms. The van der Waals surface area contributed by atoms with Crippen LogP contribution in [0.4, 0.5) is 0 Å². The highest BCUT2D eigenvalue weighted by Crippen LogP contribution is 2.48. The van der Waals surface area contributed by atoms with E-state index in [1.54, 1.807) is 0 Å². The van der Waals surface area contributed by atoms with Gasteiger partial charge in [-0.05, 0) is 157 Å². The van der Waals surface area contributed by atoms with Crippen molar-refractivity contribution >= 4 is 170 Å². The molecule has 0 aliphatic rings. The lowest BCUT2D eigenvalue weighted by Crippen LogP contribution is -1.93. The van der Waals surface area contributed by atoms with Crippen LogP contribution in [0.5, 0.6) is 0 Å². The summed E-state index contributed by atoms with van der Waals surface area (Å²) in [5.74, 6) is 0. The largest absolute Gasteiger partial charge is 0.308 e. The third-order valence-electron chi connectivity index (χ3n) is 18.4. The van der Waals surface area contributed by atoms with E-state index in [-0.39, 0.29) is 0 Å². The number of benzene rings is 14. The molecule has 20 rings (SSSR count). The standard InChI is InChI=1S/2C42H25NS2/c1-2-12-30(13-3-1)43-37-17-9-8-16-34(37)42-41(43)36-23-28(19-21-38(36)45-42)31-14-6-7-15-32(31)29-18-20-33-35-22-26-10-4-5-11-27(26)24-40(35)44-39(33)25-29;1-2-11-29(12-3-1)43-36-17-9-8-16-33(36)42-41(43)35-24-27(20-22-37(35)45-42)30-13-6-7-14-31(30)28-18-21-34-39(25-28)44-38-23-19-26-10-4-5-15-32(26)40(34)38/h2*1-25H. The van der Waals surface area contributed by atoms with Gasteiger partial charge < -0.3 is 9.13 Å². The summed E-state index contributed by atoms with van der Waals surface area (Å²) in [5, 5.41) is 15.8. The van der Waals surface area contributed by atoms with Gasteiger partial charge in [0.05, 0.1) is 31.5 Å². The molecule has 0 atom stereocenters. The molecule has 0 aliphatic carbocycles. The zero-order chi connectivity index (χ0) is 59.0. The average Bonchev–Trinajstić information content (AvgIpc) is 1.66. The van der Waals surface area contributed by atoms with Crippen molar-refractivity contribution in [3.05, 3.63) is 303 Å². The van der Waals surface area contributed by atoms with Crippen molar-refractivity contribution in [3.63, 3.8) is 0 Å². The van der Waals surface area contributed by atoms with Gasteiger partial charge in [-0.25, -0.2) is 0 Å². The lowest BCUT2D eigenvalue weighted by Gasteiger charge is -2.12. The van der Waals surface area contributed by atoms with Crippen molar-refractivity contribution in [1.82, 2.24) is 9.13 Å². The van der Waals surface area contributed by atoms with E-state index in [9.17, 15) is 0 Å². The van der Waals surface area contributed by atoms with E-state index < -0.39 is 0 Å². The van der Waals surface area contributed by atoms with E-state index >= 15 is 0 Å². The third kappa shape index (κ3) is 8.12. The molecule has 0 saturated carbocycles. The van der Waals surface area contributed by atoms with E-state index in [2.05, 4.69) is 312 Å². The number of para-hydroxylation sites is 4. The Morgan fingerprint density at radius 1 is 0.211 bits per heavy atom. The van der Waals surface area contributed by atoms with E-state index in [0.717, 1.165) is 0 Å². The van der Waals surface area contributed by atoms with Gasteiger partial charge in [0.25, 0.3) is 0 Å². The van der Waals surface area contributed by atoms with Gasteiger partial charge >= 0.3 is 0 Å². The van der Waals surface area contributed by atoms with Crippen molar-refractivity contribution in [3.8, 4) is 55.9 Å². The fourth-order valence-corrected chi connectivity index (χ4v) is 19.0. The topological polar surface area (TPSA) is 9.86 Å². The zero-order valence-electron chi connectivity index (χ0n) is 48.4. The number of hydrogen-bond acceptors (Lipinski definition) is 4. The second-order valence-electron chi connectivity index (χ2n) is 23.4. The van der Waals surface area contributed by atoms with E-state index in [1.165, 1.54) is 180 Å². The second-order valence-corrected chi connectivity index (χ2v) is 27.7. The average molecular weight is 1220 g/mol. The Bertz CT molecular complexity index is 6280. The van der Waals surface area contributed by atoms with Crippen molar-refractivity contribution in [2.75, 3.05) is 0 Å². The van der Waals surface area contributed by atoms with Crippen LogP contribution in [-0.4, -0.2) is 9.13 Å². The molecular weight excluding hydrogens is 1170 g/mol. The summed E-state index contributed by atoms with van der Waals surface area (Å²) in [6.45, 7) is 0. The van der Waals surface area contributed by atoms with Crippen molar-refractivity contribution in [2.24, 2.45) is 0 Å². The maximum Gasteiger partial charge on any atom is 0.0727 e. The fraction of sp³-hybridized carbons (Fsp3) is 0. The van der Waals surface area contributed by atoms with Crippen LogP contribution < -0.4 is 0 Å². The Morgan fingerprint density at radius 3 is 1.17 bits per heavy atom. The summed E-state index contributed by atoms with van der Waals surface area (Å²) in [6, 6.07) is 112. The number of aromatic nitrogens is 2. The van der Waals surface area contributed by atoms with Crippen LogP contribution in [0.15, 0.2) is 303 Å². The number of hydrogen-bond donors (Lipinski definition) is 0. The summed E-state index contributed by atoms with van der Waals surface area (Å²) < 4.78 is 15.5. The van der Waals surface area contributed by atoms with Gasteiger partial charge in [0.15, 0.2) is 0 Å². The van der Waals surface area contributed by atoms with Gasteiger partial charge in [-0.1, -0.05) is 212 Å². The first-order valence-corrected chi connectivity index (χ1v) is 33.8. The molecular formula is C84H50N2S4. The zero-order valence-corrected chi connectivity index (χ0v) is 51.7. The predicted molar refractivity (Wildman–Crippen MR) is 395 cm³/mol. The van der Waals surface area contributed by atoms with Crippen LogP contribution in [-0.2, 0) is 0 Å². The van der Waals surface area contributed by atoms with Gasteiger partial charge in [-0.15, -0.1) is 45.3 Å². The highest BCUT2D eigenvalue weighted by atomic mass is 32.1. The number of rotatable bonds is 6. The quantitative estimate of drug-likeness (QED) is 0.157. The summed E-state index contributed by atoms with van der Waals surface area (Å²) in [5.41, 5.74) is 17.5. The Kier molecular flexibility index (Phi) is 11.8. The molecule has 0 unspecified atom stereocenters. The maximum absolute atomic E-state index is 2.44. The Hall–Kier alpha value is -10.4. The van der Waals surface area contributed by atoms with E-state index in [4.69, 9.17) is 0 Å². The predicted octanol–water partition coefficient (Wildman–Crippen LogP) is 25.7. The molecule has 420 valence electrons. The molecule has 2 nitrogen and oxygen atoms in total. The first-order valence-electron chi connectivity index (χ1n) is 30.5. The van der Waals surface area contributed by atoms with E-state index in [0.29, 0.717) is 0 Å². The van der Waals surface area contributed by atoms with Crippen LogP contribution in [0.2, 0.25) is 0 Å². The van der Waals surface area contributed by atoms with Gasteiger partial charge in [0, 0.05) is 82.7 Å². The number of nitrogens with zero attached hydrogens (tertiary/aromatic N) is 2. The monoisotopic (exact) mass is 1210 g/mol. The Morgan fingerprint density at radius 2 is 0.611 bits per heavy atom. The molecule has 0 amide bonds. The van der Waals surface area contributed by atoms with Gasteiger partial charge in [-0.3, -0.25) is 0 Å². The van der Waals surface area contributed by atoms with Crippen LogP contribution in [0, 0.1) is 0 Å². The lowest BCUT2D eigenvalue weighted by atomic mass is 9.93. The Labute approximate surface area is 533 Å². The molecule has 0 radical (unpaired) electrons. The maximum atomic E-state index is 2.44. The van der Waals surface area contributed by atoms with E-state index in [1.807, 2.05) is 45.3 Å². The third-order valence-corrected chi connectivity index (χ3v) is 23.0. The number of fused-ring (bicyclic) bond motifs is 19. The van der Waals surface area contributed by atoms with Crippen LogP contribution >= 0.6 is 45.3 Å². The summed E-state index contributed by atoms with van der Waals surface area (Å²) in [6.07, 6.45) is 0. The first kappa shape index (κ1) is 51.6. The molecule has 90 heavy (non-hydrogen) atoms. The van der Waals surface area contributed by atoms with Crippen molar-refractivity contribution in [2.45, 2.75) is 0 Å². The molecule has 6 heterocycles. The van der Waals surface area contributed by atoms with Gasteiger partial charge in [0.1, 0.15) is 0 Å². The smallest absolute Gasteiger partial charge is 0.0727 e. The summed E-state index contributed by atoms with van der Waals surface area (Å²) in [4.78, 5) is 0. The highest BCUT2D eigenvalue weighted by molar-refractivity contribution is 7.27.